The quantitative estimate of drug-likeness (QED) is 0.570. The van der Waals surface area contributed by atoms with E-state index in [-0.39, 0.29) is 12.1 Å². The molecule has 2 aliphatic carbocycles. The van der Waals surface area contributed by atoms with Crippen molar-refractivity contribution in [1.29, 1.82) is 0 Å². The number of urea groups is 1. The molecule has 2 fully saturated rings. The summed E-state index contributed by atoms with van der Waals surface area (Å²) in [6.45, 7) is 3.26. The van der Waals surface area contributed by atoms with Crippen molar-refractivity contribution in [2.75, 3.05) is 26.3 Å². The van der Waals surface area contributed by atoms with Gasteiger partial charge in [-0.3, -0.25) is 0 Å². The number of nitrogens with one attached hydrogen (secondary N) is 2. The number of nitrogens with zero attached hydrogens (tertiary/aromatic N) is 2. The third kappa shape index (κ3) is 5.51. The Labute approximate surface area is 179 Å². The Morgan fingerprint density at radius 1 is 1.07 bits per heavy atom. The molecule has 1 saturated heterocycles. The Bertz CT molecular complexity index is 804. The molecular formula is C24H32N4O2. The molecule has 6 nitrogen and oxygen atoms in total. The summed E-state index contributed by atoms with van der Waals surface area (Å²) < 4.78 is 5.55. The zero-order valence-corrected chi connectivity index (χ0v) is 17.6. The van der Waals surface area contributed by atoms with Crippen LogP contribution in [0.25, 0.3) is 6.08 Å². The van der Waals surface area contributed by atoms with Crippen molar-refractivity contribution in [3.05, 3.63) is 52.7 Å². The average molecular weight is 409 g/mol. The maximum Gasteiger partial charge on any atom is 0.335 e. The second-order valence-electron chi connectivity index (χ2n) is 8.23. The number of hydrogen-bond acceptors (Lipinski definition) is 4. The molecule has 1 aromatic carbocycles. The van der Waals surface area contributed by atoms with E-state index in [1.165, 1.54) is 41.7 Å². The van der Waals surface area contributed by atoms with Crippen molar-refractivity contribution < 1.29 is 9.53 Å². The van der Waals surface area contributed by atoms with E-state index in [1.54, 1.807) is 0 Å². The minimum Gasteiger partial charge on any atom is -0.378 e. The van der Waals surface area contributed by atoms with Crippen molar-refractivity contribution in [1.82, 2.24) is 15.6 Å². The zero-order valence-electron chi connectivity index (χ0n) is 17.6. The van der Waals surface area contributed by atoms with Crippen LogP contribution in [0.5, 0.6) is 0 Å². The summed E-state index contributed by atoms with van der Waals surface area (Å²) in [6.07, 6.45) is 11.8. The van der Waals surface area contributed by atoms with Gasteiger partial charge in [0, 0.05) is 24.8 Å². The average Bonchev–Trinajstić information content (AvgIpc) is 3.18. The first-order valence-corrected chi connectivity index (χ1v) is 11.2. The molecule has 3 aliphatic rings. The molecule has 30 heavy (non-hydrogen) atoms. The molecule has 6 heteroatoms. The highest BCUT2D eigenvalue weighted by atomic mass is 16.5. The van der Waals surface area contributed by atoms with E-state index in [0.29, 0.717) is 0 Å². The minimum absolute atomic E-state index is 0.204. The Kier molecular flexibility index (Phi) is 7.19. The lowest BCUT2D eigenvalue weighted by Crippen LogP contribution is -2.41. The summed E-state index contributed by atoms with van der Waals surface area (Å²) in [5.41, 5.74) is 7.64. The molecule has 0 atom stereocenters. The van der Waals surface area contributed by atoms with Gasteiger partial charge in [-0.25, -0.2) is 10.2 Å². The van der Waals surface area contributed by atoms with E-state index in [9.17, 15) is 4.79 Å². The number of hydrogen-bond donors (Lipinski definition) is 2. The molecule has 2 amide bonds. The molecule has 1 saturated carbocycles. The fourth-order valence-electron chi connectivity index (χ4n) is 4.56. The lowest BCUT2D eigenvalue weighted by molar-refractivity contribution is 0.0548. The molecule has 1 heterocycles. The monoisotopic (exact) mass is 408 g/mol. The predicted molar refractivity (Wildman–Crippen MR) is 120 cm³/mol. The van der Waals surface area contributed by atoms with Gasteiger partial charge in [0.05, 0.1) is 19.4 Å². The Morgan fingerprint density at radius 2 is 1.83 bits per heavy atom. The predicted octanol–water partition coefficient (Wildman–Crippen LogP) is 4.07. The smallest absolute Gasteiger partial charge is 0.335 e. The Hall–Kier alpha value is -2.60. The topological polar surface area (TPSA) is 66.0 Å². The number of benzene rings is 1. The highest BCUT2D eigenvalue weighted by molar-refractivity contribution is 5.85. The van der Waals surface area contributed by atoms with Gasteiger partial charge in [-0.05, 0) is 48.5 Å². The van der Waals surface area contributed by atoms with Crippen LogP contribution >= 0.6 is 0 Å². The lowest BCUT2D eigenvalue weighted by atomic mass is 9.96. The highest BCUT2D eigenvalue weighted by Gasteiger charge is 2.25. The van der Waals surface area contributed by atoms with Gasteiger partial charge >= 0.3 is 6.03 Å². The molecular weight excluding hydrogens is 376 g/mol. The van der Waals surface area contributed by atoms with Crippen LogP contribution in [0.4, 0.5) is 4.79 Å². The molecule has 160 valence electrons. The first-order chi connectivity index (χ1) is 14.8. The maximum atomic E-state index is 12.2. The van der Waals surface area contributed by atoms with Gasteiger partial charge in [-0.15, -0.1) is 0 Å². The van der Waals surface area contributed by atoms with Gasteiger partial charge < -0.3 is 15.0 Å². The SMILES string of the molecule is O=C(N/N=C/C1=C(N2CCOCC2)C(=C\c2ccccc2)/CC1)NC1CCCCC1. The van der Waals surface area contributed by atoms with Gasteiger partial charge in [0.1, 0.15) is 0 Å². The molecule has 4 rings (SSSR count). The largest absolute Gasteiger partial charge is 0.378 e. The van der Waals surface area contributed by atoms with Crippen LogP contribution in [0.1, 0.15) is 50.5 Å². The number of amides is 2. The fraction of sp³-hybridized carbons (Fsp3) is 0.500. The molecule has 1 aromatic rings. The summed E-state index contributed by atoms with van der Waals surface area (Å²) in [4.78, 5) is 14.6. The summed E-state index contributed by atoms with van der Waals surface area (Å²) in [6, 6.07) is 10.5. The van der Waals surface area contributed by atoms with E-state index in [2.05, 4.69) is 51.1 Å². The Morgan fingerprint density at radius 3 is 2.60 bits per heavy atom. The number of rotatable bonds is 5. The molecule has 0 aromatic heterocycles. The molecule has 0 bridgehead atoms. The number of morpholine rings is 1. The first kappa shape index (κ1) is 20.7. The third-order valence-electron chi connectivity index (χ3n) is 6.07. The summed E-state index contributed by atoms with van der Waals surface area (Å²) in [5, 5.41) is 7.32. The van der Waals surface area contributed by atoms with Crippen molar-refractivity contribution in [3.8, 4) is 0 Å². The number of carbonyl (C=O) groups excluding carboxylic acids is 1. The van der Waals surface area contributed by atoms with E-state index >= 15 is 0 Å². The Balaban J connectivity index is 1.46. The lowest BCUT2D eigenvalue weighted by Gasteiger charge is -2.31. The molecule has 2 N–H and O–H groups in total. The van der Waals surface area contributed by atoms with Crippen LogP contribution in [-0.2, 0) is 4.74 Å². The van der Waals surface area contributed by atoms with Crippen LogP contribution in [0.3, 0.4) is 0 Å². The number of ether oxygens (including phenoxy) is 1. The zero-order chi connectivity index (χ0) is 20.6. The van der Waals surface area contributed by atoms with E-state index < -0.39 is 0 Å². The fourth-order valence-corrected chi connectivity index (χ4v) is 4.56. The number of hydrazone groups is 1. The third-order valence-corrected chi connectivity index (χ3v) is 6.07. The molecule has 0 radical (unpaired) electrons. The van der Waals surface area contributed by atoms with Gasteiger partial charge in [0.15, 0.2) is 0 Å². The standard InChI is InChI=1S/C24H32N4O2/c29-24(26-22-9-5-2-6-10-22)27-25-18-21-12-11-20(17-19-7-3-1-4-8-19)23(21)28-13-15-30-16-14-28/h1,3-4,7-8,17-18,22H,2,5-6,9-16H2,(H2,26,27,29)/b20-17-,25-18+. The first-order valence-electron chi connectivity index (χ1n) is 11.2. The van der Waals surface area contributed by atoms with Crippen molar-refractivity contribution in [2.45, 2.75) is 51.0 Å². The highest BCUT2D eigenvalue weighted by Crippen LogP contribution is 2.34. The van der Waals surface area contributed by atoms with Crippen LogP contribution in [0.2, 0.25) is 0 Å². The van der Waals surface area contributed by atoms with Crippen LogP contribution in [0, 0.1) is 0 Å². The minimum atomic E-state index is -0.204. The second kappa shape index (κ2) is 10.4. The van der Waals surface area contributed by atoms with Crippen LogP contribution < -0.4 is 10.7 Å². The molecule has 0 spiro atoms. The molecule has 1 aliphatic heterocycles. The van der Waals surface area contributed by atoms with E-state index in [1.807, 2.05) is 12.3 Å². The number of carbonyl (C=O) groups is 1. The maximum absolute atomic E-state index is 12.2. The van der Waals surface area contributed by atoms with E-state index in [4.69, 9.17) is 4.74 Å². The summed E-state index contributed by atoms with van der Waals surface area (Å²) in [7, 11) is 0. The van der Waals surface area contributed by atoms with Gasteiger partial charge in [0.2, 0.25) is 0 Å². The van der Waals surface area contributed by atoms with Crippen molar-refractivity contribution in [3.63, 3.8) is 0 Å². The molecule has 0 unspecified atom stereocenters. The summed E-state index contributed by atoms with van der Waals surface area (Å²) >= 11 is 0. The van der Waals surface area contributed by atoms with Crippen LogP contribution in [0.15, 0.2) is 52.3 Å². The van der Waals surface area contributed by atoms with Gasteiger partial charge in [0.25, 0.3) is 0 Å². The van der Waals surface area contributed by atoms with E-state index in [0.717, 1.165) is 52.0 Å². The number of allylic oxidation sites excluding steroid dienone is 2. The van der Waals surface area contributed by atoms with Crippen molar-refractivity contribution in [2.24, 2.45) is 5.10 Å². The van der Waals surface area contributed by atoms with Crippen LogP contribution in [-0.4, -0.2) is 49.5 Å². The van der Waals surface area contributed by atoms with Gasteiger partial charge in [-0.2, -0.15) is 5.10 Å². The summed E-state index contributed by atoms with van der Waals surface area (Å²) in [5.74, 6) is 0. The normalized spacial score (nSPS) is 22.1. The van der Waals surface area contributed by atoms with Crippen molar-refractivity contribution >= 4 is 18.3 Å². The second-order valence-corrected chi connectivity index (χ2v) is 8.23. The van der Waals surface area contributed by atoms with Gasteiger partial charge in [-0.1, -0.05) is 49.6 Å².